The van der Waals surface area contributed by atoms with Crippen LogP contribution < -0.4 is 4.90 Å². The Hall–Kier alpha value is -8.02. The summed E-state index contributed by atoms with van der Waals surface area (Å²) in [7, 11) is 0. The number of para-hydroxylation sites is 4. The highest BCUT2D eigenvalue weighted by Gasteiger charge is 2.38. The fraction of sp³-hybridized carbons (Fsp3) is 0.143. The zero-order valence-electron chi connectivity index (χ0n) is 40.0. The number of aromatic nitrogens is 4. The standard InChI is InChI=1S/C63H53N5/c1-37-31-39(3)57(40(4)32-37)44-29-30-64-56(36-44)68-53-23-15-13-21-50(53)63(7,8)51-28-25-43(35-55(51)68)46-20-16-24-54-60(46)66-62(67(54)45-17-10-9-11-18-45)49-27-26-48(58-41(5)33-38(2)34-42(58)6)59-47-19-12-14-22-52(47)65-61(49)59/h9-36,65H,1-8H3. The lowest BCUT2D eigenvalue weighted by Crippen LogP contribution is -2.31. The molecule has 68 heavy (non-hydrogen) atoms. The van der Waals surface area contributed by atoms with E-state index in [1.54, 1.807) is 0 Å². The van der Waals surface area contributed by atoms with Crippen LogP contribution in [0, 0.1) is 41.5 Å². The summed E-state index contributed by atoms with van der Waals surface area (Å²) in [5.74, 6) is 1.77. The van der Waals surface area contributed by atoms with Gasteiger partial charge in [0, 0.05) is 44.7 Å². The number of aromatic amines is 1. The average Bonchev–Trinajstić information content (AvgIpc) is 3.91. The smallest absolute Gasteiger partial charge is 0.147 e. The maximum Gasteiger partial charge on any atom is 0.147 e. The lowest BCUT2D eigenvalue weighted by atomic mass is 9.73. The molecule has 0 unspecified atom stereocenters. The summed E-state index contributed by atoms with van der Waals surface area (Å²) in [5, 5.41) is 2.41. The highest BCUT2D eigenvalue weighted by Crippen LogP contribution is 2.53. The number of pyridine rings is 1. The van der Waals surface area contributed by atoms with Crippen molar-refractivity contribution in [1.82, 2.24) is 19.5 Å². The Balaban J connectivity index is 1.09. The number of benzene rings is 8. The van der Waals surface area contributed by atoms with Crippen LogP contribution in [-0.4, -0.2) is 19.5 Å². The fourth-order valence-electron chi connectivity index (χ4n) is 11.8. The minimum atomic E-state index is -0.260. The minimum absolute atomic E-state index is 0.260. The third-order valence-corrected chi connectivity index (χ3v) is 14.5. The first-order valence-corrected chi connectivity index (χ1v) is 23.7. The zero-order chi connectivity index (χ0) is 46.6. The number of aryl methyl sites for hydroxylation is 6. The number of hydrogen-bond acceptors (Lipinski definition) is 3. The summed E-state index contributed by atoms with van der Waals surface area (Å²) in [6.07, 6.45) is 1.97. The predicted octanol–water partition coefficient (Wildman–Crippen LogP) is 16.7. The summed E-state index contributed by atoms with van der Waals surface area (Å²) in [6.45, 7) is 17.9. The van der Waals surface area contributed by atoms with Gasteiger partial charge in [0.05, 0.1) is 27.9 Å². The Kier molecular flexibility index (Phi) is 9.46. The van der Waals surface area contributed by atoms with E-state index in [2.05, 4.69) is 234 Å². The van der Waals surface area contributed by atoms with Gasteiger partial charge in [-0.3, -0.25) is 9.47 Å². The molecule has 0 atom stereocenters. The van der Waals surface area contributed by atoms with Gasteiger partial charge in [0.15, 0.2) is 0 Å². The molecule has 1 N–H and O–H groups in total. The quantitative estimate of drug-likeness (QED) is 0.181. The van der Waals surface area contributed by atoms with Crippen LogP contribution in [0.3, 0.4) is 0 Å². The van der Waals surface area contributed by atoms with E-state index in [9.17, 15) is 0 Å². The van der Waals surface area contributed by atoms with E-state index in [1.807, 2.05) is 6.20 Å². The number of anilines is 3. The summed E-state index contributed by atoms with van der Waals surface area (Å²) < 4.78 is 2.34. The number of nitrogens with one attached hydrogen (secondary N) is 1. The highest BCUT2D eigenvalue weighted by atomic mass is 15.2. The van der Waals surface area contributed by atoms with Crippen LogP contribution >= 0.6 is 0 Å². The van der Waals surface area contributed by atoms with Gasteiger partial charge in [-0.15, -0.1) is 0 Å². The predicted molar refractivity (Wildman–Crippen MR) is 285 cm³/mol. The van der Waals surface area contributed by atoms with Gasteiger partial charge >= 0.3 is 0 Å². The maximum absolute atomic E-state index is 5.74. The minimum Gasteiger partial charge on any atom is -0.354 e. The average molecular weight is 880 g/mol. The molecule has 330 valence electrons. The summed E-state index contributed by atoms with van der Waals surface area (Å²) in [6, 6.07) is 60.0. The molecule has 0 saturated carbocycles. The third kappa shape index (κ3) is 6.36. The maximum atomic E-state index is 5.74. The molecule has 0 saturated heterocycles. The number of imidazole rings is 1. The number of fused-ring (bicyclic) bond motifs is 6. The second kappa shape index (κ2) is 15.5. The van der Waals surface area contributed by atoms with Crippen LogP contribution in [0.25, 0.3) is 83.3 Å². The highest BCUT2D eigenvalue weighted by molar-refractivity contribution is 6.18. The Morgan fingerprint density at radius 2 is 1.18 bits per heavy atom. The van der Waals surface area contributed by atoms with Crippen LogP contribution in [-0.2, 0) is 5.41 Å². The van der Waals surface area contributed by atoms with Crippen LogP contribution in [0.4, 0.5) is 17.2 Å². The van der Waals surface area contributed by atoms with E-state index in [4.69, 9.17) is 9.97 Å². The van der Waals surface area contributed by atoms with Gasteiger partial charge in [-0.05, 0) is 157 Å². The SMILES string of the molecule is Cc1cc(C)c(-c2ccnc(N3c4ccccc4C(C)(C)c4ccc(-c5cccc6c5nc(-c5ccc(-c7c(C)cc(C)cc7C)c7c5[nH]c5ccccc57)n6-c5ccccc5)cc43)c2)c(C)c1. The van der Waals surface area contributed by atoms with Gasteiger partial charge in [-0.2, -0.15) is 0 Å². The molecule has 8 aromatic carbocycles. The van der Waals surface area contributed by atoms with Gasteiger partial charge < -0.3 is 4.98 Å². The molecule has 0 radical (unpaired) electrons. The number of hydrogen-bond donors (Lipinski definition) is 1. The summed E-state index contributed by atoms with van der Waals surface area (Å²) in [4.78, 5) is 17.2. The molecular formula is C63H53N5. The first-order valence-electron chi connectivity index (χ1n) is 23.7. The van der Waals surface area contributed by atoms with E-state index >= 15 is 0 Å². The molecule has 1 aliphatic rings. The molecular weight excluding hydrogens is 827 g/mol. The van der Waals surface area contributed by atoms with Crippen LogP contribution in [0.15, 0.2) is 170 Å². The van der Waals surface area contributed by atoms with Crippen LogP contribution in [0.2, 0.25) is 0 Å². The monoisotopic (exact) mass is 879 g/mol. The van der Waals surface area contributed by atoms with Gasteiger partial charge in [-0.25, -0.2) is 9.97 Å². The van der Waals surface area contributed by atoms with E-state index in [-0.39, 0.29) is 5.41 Å². The van der Waals surface area contributed by atoms with Crippen molar-refractivity contribution in [3.8, 4) is 50.5 Å². The van der Waals surface area contributed by atoms with Crippen molar-refractivity contribution >= 4 is 50.0 Å². The Labute approximate surface area is 398 Å². The van der Waals surface area contributed by atoms with Crippen molar-refractivity contribution in [3.63, 3.8) is 0 Å². The largest absolute Gasteiger partial charge is 0.354 e. The molecule has 0 aliphatic carbocycles. The Morgan fingerprint density at radius 1 is 0.515 bits per heavy atom. The van der Waals surface area contributed by atoms with Gasteiger partial charge in [0.25, 0.3) is 0 Å². The summed E-state index contributed by atoms with van der Waals surface area (Å²) >= 11 is 0. The number of nitrogens with zero attached hydrogens (tertiary/aromatic N) is 4. The molecule has 0 amide bonds. The van der Waals surface area contributed by atoms with Crippen molar-refractivity contribution in [2.24, 2.45) is 0 Å². The Morgan fingerprint density at radius 3 is 1.94 bits per heavy atom. The third-order valence-electron chi connectivity index (χ3n) is 14.5. The first kappa shape index (κ1) is 41.4. The molecule has 12 rings (SSSR count). The van der Waals surface area contributed by atoms with E-state index < -0.39 is 0 Å². The van der Waals surface area contributed by atoms with Crippen LogP contribution in [0.1, 0.15) is 58.4 Å². The molecule has 0 bridgehead atoms. The van der Waals surface area contributed by atoms with E-state index in [1.165, 1.54) is 72.0 Å². The van der Waals surface area contributed by atoms with Crippen LogP contribution in [0.5, 0.6) is 0 Å². The Bertz CT molecular complexity index is 3800. The summed E-state index contributed by atoms with van der Waals surface area (Å²) in [5.41, 5.74) is 25.5. The van der Waals surface area contributed by atoms with E-state index in [0.717, 1.165) is 73.0 Å². The molecule has 1 aliphatic heterocycles. The first-order chi connectivity index (χ1) is 33.0. The normalized spacial score (nSPS) is 13.1. The fourth-order valence-corrected chi connectivity index (χ4v) is 11.8. The van der Waals surface area contributed by atoms with Crippen molar-refractivity contribution in [2.75, 3.05) is 4.90 Å². The molecule has 4 heterocycles. The molecule has 0 spiro atoms. The topological polar surface area (TPSA) is 49.7 Å². The second-order valence-corrected chi connectivity index (χ2v) is 19.5. The van der Waals surface area contributed by atoms with Gasteiger partial charge in [0.1, 0.15) is 11.6 Å². The molecule has 5 nitrogen and oxygen atoms in total. The second-order valence-electron chi connectivity index (χ2n) is 19.5. The lowest BCUT2D eigenvalue weighted by molar-refractivity contribution is 0.631. The zero-order valence-corrected chi connectivity index (χ0v) is 40.0. The lowest BCUT2D eigenvalue weighted by Gasteiger charge is -2.41. The molecule has 11 aromatic rings. The van der Waals surface area contributed by atoms with E-state index in [0.29, 0.717) is 0 Å². The number of rotatable bonds is 6. The molecule has 0 fully saturated rings. The molecule has 5 heteroatoms. The number of H-pyrrole nitrogens is 1. The molecule has 3 aromatic heterocycles. The van der Waals surface area contributed by atoms with Gasteiger partial charge in [-0.1, -0.05) is 134 Å². The van der Waals surface area contributed by atoms with Crippen molar-refractivity contribution in [3.05, 3.63) is 214 Å². The van der Waals surface area contributed by atoms with Crippen molar-refractivity contribution in [2.45, 2.75) is 60.8 Å². The van der Waals surface area contributed by atoms with Crippen molar-refractivity contribution in [1.29, 1.82) is 0 Å². The van der Waals surface area contributed by atoms with Gasteiger partial charge in [0.2, 0.25) is 0 Å². The van der Waals surface area contributed by atoms with Crippen molar-refractivity contribution < 1.29 is 0 Å².